The maximum atomic E-state index is 5.48. The molecule has 3 heteroatoms. The molecule has 0 saturated carbocycles. The molecule has 1 aliphatic heterocycles. The zero-order chi connectivity index (χ0) is 5.82. The van der Waals surface area contributed by atoms with Gasteiger partial charge in [-0.05, 0) is 25.3 Å². The molecule has 0 unspecified atom stereocenters. The van der Waals surface area contributed by atoms with Gasteiger partial charge in [-0.25, -0.2) is 0 Å². The van der Waals surface area contributed by atoms with Crippen molar-refractivity contribution in [3.63, 3.8) is 0 Å². The minimum Gasteiger partial charge on any atom is -0.386 e. The number of hydrogen-bond donors (Lipinski definition) is 2. The summed E-state index contributed by atoms with van der Waals surface area (Å²) in [5.41, 5.74) is 5.48. The molecule has 9 heavy (non-hydrogen) atoms. The van der Waals surface area contributed by atoms with Crippen LogP contribution in [-0.4, -0.2) is 6.54 Å². The third kappa shape index (κ3) is 3.25. The molecule has 0 fully saturated rings. The molecule has 0 radical (unpaired) electrons. The molecule has 0 spiro atoms. The molecule has 1 heterocycles. The fourth-order valence-corrected chi connectivity index (χ4v) is 0.832. The van der Waals surface area contributed by atoms with Crippen molar-refractivity contribution in [3.8, 4) is 0 Å². The van der Waals surface area contributed by atoms with Crippen LogP contribution in [0.15, 0.2) is 11.9 Å². The van der Waals surface area contributed by atoms with Gasteiger partial charge in [-0.1, -0.05) is 0 Å². The van der Waals surface area contributed by atoms with Crippen molar-refractivity contribution in [2.75, 3.05) is 6.54 Å². The lowest BCUT2D eigenvalue weighted by Gasteiger charge is -1.98. The topological polar surface area (TPSA) is 38.0 Å². The first-order valence-electron chi connectivity index (χ1n) is 3.09. The fraction of sp³-hybridized carbons (Fsp3) is 0.667. The van der Waals surface area contributed by atoms with Crippen LogP contribution in [0.25, 0.3) is 0 Å². The zero-order valence-electron chi connectivity index (χ0n) is 5.39. The summed E-state index contributed by atoms with van der Waals surface area (Å²) in [6, 6.07) is 0. The largest absolute Gasteiger partial charge is 0.386 e. The molecular weight excluding hydrogens is 136 g/mol. The summed E-state index contributed by atoms with van der Waals surface area (Å²) in [7, 11) is 0. The summed E-state index contributed by atoms with van der Waals surface area (Å²) in [6.07, 6.45) is 5.71. The smallest absolute Gasteiger partial charge is 0.0918 e. The average molecular weight is 149 g/mol. The van der Waals surface area contributed by atoms with E-state index < -0.39 is 0 Å². The highest BCUT2D eigenvalue weighted by Crippen LogP contribution is 2.00. The third-order valence-corrected chi connectivity index (χ3v) is 1.32. The lowest BCUT2D eigenvalue weighted by molar-refractivity contribution is 0.714. The Balaban J connectivity index is 0.000000640. The van der Waals surface area contributed by atoms with Gasteiger partial charge in [0.1, 0.15) is 0 Å². The van der Waals surface area contributed by atoms with Crippen LogP contribution >= 0.6 is 12.4 Å². The first kappa shape index (κ1) is 8.63. The predicted octanol–water partition coefficient (Wildman–Crippen LogP) is 0.982. The summed E-state index contributed by atoms with van der Waals surface area (Å²) >= 11 is 0. The Labute approximate surface area is 61.9 Å². The van der Waals surface area contributed by atoms with Crippen LogP contribution < -0.4 is 11.1 Å². The summed E-state index contributed by atoms with van der Waals surface area (Å²) in [5, 5.41) is 3.08. The van der Waals surface area contributed by atoms with Crippen molar-refractivity contribution in [2.45, 2.75) is 19.3 Å². The SMILES string of the molecule is Cl.NC1=CCCCCN1. The molecular formula is C6H13ClN2. The number of allylic oxidation sites excluding steroid dienone is 1. The van der Waals surface area contributed by atoms with Crippen LogP contribution in [-0.2, 0) is 0 Å². The molecule has 2 nitrogen and oxygen atoms in total. The molecule has 0 aromatic heterocycles. The molecule has 0 bridgehead atoms. The quantitative estimate of drug-likeness (QED) is 0.538. The number of halogens is 1. The van der Waals surface area contributed by atoms with Gasteiger partial charge in [0.05, 0.1) is 5.82 Å². The normalized spacial score (nSPS) is 18.4. The van der Waals surface area contributed by atoms with Crippen LogP contribution in [0, 0.1) is 0 Å². The highest BCUT2D eigenvalue weighted by molar-refractivity contribution is 5.85. The van der Waals surface area contributed by atoms with E-state index in [1.165, 1.54) is 12.8 Å². The van der Waals surface area contributed by atoms with E-state index in [0.717, 1.165) is 18.8 Å². The van der Waals surface area contributed by atoms with Crippen molar-refractivity contribution in [1.82, 2.24) is 5.32 Å². The van der Waals surface area contributed by atoms with Gasteiger partial charge in [-0.3, -0.25) is 0 Å². The van der Waals surface area contributed by atoms with E-state index in [-0.39, 0.29) is 12.4 Å². The van der Waals surface area contributed by atoms with Crippen LogP contribution in [0.4, 0.5) is 0 Å². The van der Waals surface area contributed by atoms with Crippen molar-refractivity contribution >= 4 is 12.4 Å². The van der Waals surface area contributed by atoms with E-state index in [1.54, 1.807) is 0 Å². The first-order chi connectivity index (χ1) is 3.89. The Morgan fingerprint density at radius 2 is 2.22 bits per heavy atom. The van der Waals surface area contributed by atoms with Crippen LogP contribution in [0.5, 0.6) is 0 Å². The number of nitrogens with two attached hydrogens (primary N) is 1. The molecule has 1 aliphatic rings. The van der Waals surface area contributed by atoms with Crippen LogP contribution in [0.3, 0.4) is 0 Å². The molecule has 0 atom stereocenters. The Bertz CT molecular complexity index is 101. The Morgan fingerprint density at radius 1 is 1.44 bits per heavy atom. The van der Waals surface area contributed by atoms with Gasteiger partial charge < -0.3 is 11.1 Å². The predicted molar refractivity (Wildman–Crippen MR) is 41.4 cm³/mol. The van der Waals surface area contributed by atoms with Crippen molar-refractivity contribution in [3.05, 3.63) is 11.9 Å². The van der Waals surface area contributed by atoms with Crippen LogP contribution in [0.2, 0.25) is 0 Å². The average Bonchev–Trinajstić information content (AvgIpc) is 1.94. The van der Waals surface area contributed by atoms with Crippen LogP contribution in [0.1, 0.15) is 19.3 Å². The van der Waals surface area contributed by atoms with E-state index in [4.69, 9.17) is 5.73 Å². The van der Waals surface area contributed by atoms with Gasteiger partial charge >= 0.3 is 0 Å². The van der Waals surface area contributed by atoms with Gasteiger partial charge in [-0.15, -0.1) is 12.4 Å². The fourth-order valence-electron chi connectivity index (χ4n) is 0.832. The van der Waals surface area contributed by atoms with Crippen molar-refractivity contribution in [1.29, 1.82) is 0 Å². The first-order valence-corrected chi connectivity index (χ1v) is 3.09. The van der Waals surface area contributed by atoms with Gasteiger partial charge in [-0.2, -0.15) is 0 Å². The lowest BCUT2D eigenvalue weighted by Crippen LogP contribution is -2.19. The molecule has 0 amide bonds. The molecule has 1 rings (SSSR count). The van der Waals surface area contributed by atoms with Crippen molar-refractivity contribution < 1.29 is 0 Å². The van der Waals surface area contributed by atoms with E-state index in [1.807, 2.05) is 6.08 Å². The van der Waals surface area contributed by atoms with Gasteiger partial charge in [0.25, 0.3) is 0 Å². The van der Waals surface area contributed by atoms with E-state index in [0.29, 0.717) is 0 Å². The highest BCUT2D eigenvalue weighted by Gasteiger charge is 1.93. The molecule has 0 saturated heterocycles. The van der Waals surface area contributed by atoms with Gasteiger partial charge in [0.2, 0.25) is 0 Å². The Morgan fingerprint density at radius 3 is 3.00 bits per heavy atom. The van der Waals surface area contributed by atoms with Gasteiger partial charge in [0.15, 0.2) is 0 Å². The third-order valence-electron chi connectivity index (χ3n) is 1.32. The summed E-state index contributed by atoms with van der Waals surface area (Å²) in [4.78, 5) is 0. The second-order valence-electron chi connectivity index (χ2n) is 2.08. The monoisotopic (exact) mass is 148 g/mol. The number of nitrogens with one attached hydrogen (secondary N) is 1. The summed E-state index contributed by atoms with van der Waals surface area (Å²) in [6.45, 7) is 1.04. The van der Waals surface area contributed by atoms with E-state index >= 15 is 0 Å². The van der Waals surface area contributed by atoms with E-state index in [9.17, 15) is 0 Å². The molecule has 0 aliphatic carbocycles. The minimum atomic E-state index is 0. The lowest BCUT2D eigenvalue weighted by atomic mass is 10.2. The number of rotatable bonds is 0. The summed E-state index contributed by atoms with van der Waals surface area (Å²) < 4.78 is 0. The highest BCUT2D eigenvalue weighted by atomic mass is 35.5. The van der Waals surface area contributed by atoms with Gasteiger partial charge in [0, 0.05) is 6.54 Å². The van der Waals surface area contributed by atoms with Crippen molar-refractivity contribution in [2.24, 2.45) is 5.73 Å². The second-order valence-corrected chi connectivity index (χ2v) is 2.08. The Kier molecular flexibility index (Phi) is 4.32. The zero-order valence-corrected chi connectivity index (χ0v) is 6.21. The minimum absolute atomic E-state index is 0. The second kappa shape index (κ2) is 4.50. The Hall–Kier alpha value is -0.370. The molecule has 0 aromatic rings. The number of hydrogen-bond acceptors (Lipinski definition) is 2. The standard InChI is InChI=1S/C6H12N2.ClH/c7-6-4-2-1-3-5-8-6;/h4,8H,1-3,5,7H2;1H. The van der Waals surface area contributed by atoms with E-state index in [2.05, 4.69) is 5.32 Å². The molecule has 3 N–H and O–H groups in total. The maximum Gasteiger partial charge on any atom is 0.0918 e. The maximum absolute atomic E-state index is 5.48. The summed E-state index contributed by atoms with van der Waals surface area (Å²) in [5.74, 6) is 0.850. The molecule has 54 valence electrons. The molecule has 0 aromatic carbocycles.